The number of anilines is 1. The highest BCUT2D eigenvalue weighted by Gasteiger charge is 2.30. The van der Waals surface area contributed by atoms with Crippen LogP contribution in [0.1, 0.15) is 12.0 Å². The standard InChI is InChI=1S/C21H24FN3O3/c1-28-19-8-2-15(3-9-19)10-11-23-21(27)24-13-16-12-20(26)25(14-16)18-6-4-17(22)5-7-18/h2-9,16H,10-14H2,1H3,(H2,23,24,27)/t16-/m0/s1. The predicted molar refractivity (Wildman–Crippen MR) is 105 cm³/mol. The van der Waals surface area contributed by atoms with Gasteiger partial charge < -0.3 is 20.3 Å². The van der Waals surface area contributed by atoms with Crippen molar-refractivity contribution in [1.29, 1.82) is 0 Å². The second-order valence-electron chi connectivity index (χ2n) is 6.79. The van der Waals surface area contributed by atoms with Crippen LogP contribution in [-0.2, 0) is 11.2 Å². The Morgan fingerprint density at radius 2 is 1.86 bits per heavy atom. The molecule has 0 unspecified atom stereocenters. The molecule has 0 aliphatic carbocycles. The number of halogens is 1. The molecule has 7 heteroatoms. The van der Waals surface area contributed by atoms with Crippen molar-refractivity contribution in [1.82, 2.24) is 10.6 Å². The highest BCUT2D eigenvalue weighted by molar-refractivity contribution is 5.95. The molecule has 3 rings (SSSR count). The average Bonchev–Trinajstić information content (AvgIpc) is 3.08. The summed E-state index contributed by atoms with van der Waals surface area (Å²) in [5, 5.41) is 5.64. The molecular formula is C21H24FN3O3. The van der Waals surface area contributed by atoms with Crippen molar-refractivity contribution in [3.05, 3.63) is 59.9 Å². The van der Waals surface area contributed by atoms with Crippen LogP contribution in [0.25, 0.3) is 0 Å². The zero-order valence-corrected chi connectivity index (χ0v) is 15.8. The summed E-state index contributed by atoms with van der Waals surface area (Å²) in [4.78, 5) is 25.8. The van der Waals surface area contributed by atoms with Gasteiger partial charge in [0.15, 0.2) is 0 Å². The van der Waals surface area contributed by atoms with Crippen molar-refractivity contribution >= 4 is 17.6 Å². The monoisotopic (exact) mass is 385 g/mol. The molecule has 1 heterocycles. The number of amides is 3. The third-order valence-corrected chi connectivity index (χ3v) is 4.75. The molecule has 3 amide bonds. The average molecular weight is 385 g/mol. The van der Waals surface area contributed by atoms with E-state index in [9.17, 15) is 14.0 Å². The molecule has 1 saturated heterocycles. The van der Waals surface area contributed by atoms with Crippen LogP contribution in [0.15, 0.2) is 48.5 Å². The summed E-state index contributed by atoms with van der Waals surface area (Å²) in [6.45, 7) is 1.44. The van der Waals surface area contributed by atoms with Crippen molar-refractivity contribution in [2.24, 2.45) is 5.92 Å². The lowest BCUT2D eigenvalue weighted by Gasteiger charge is -2.17. The Kier molecular flexibility index (Phi) is 6.47. The molecule has 0 radical (unpaired) electrons. The summed E-state index contributed by atoms with van der Waals surface area (Å²) < 4.78 is 18.2. The minimum atomic E-state index is -0.333. The third kappa shape index (κ3) is 5.22. The zero-order valence-electron chi connectivity index (χ0n) is 15.8. The Labute approximate surface area is 163 Å². The molecule has 1 fully saturated rings. The molecule has 0 saturated carbocycles. The van der Waals surface area contributed by atoms with Crippen molar-refractivity contribution in [3.8, 4) is 5.75 Å². The molecule has 28 heavy (non-hydrogen) atoms. The molecule has 2 N–H and O–H groups in total. The van der Waals surface area contributed by atoms with Gasteiger partial charge in [-0.05, 0) is 48.4 Å². The normalized spacial score (nSPS) is 16.1. The first kappa shape index (κ1) is 19.7. The van der Waals surface area contributed by atoms with Gasteiger partial charge in [-0.3, -0.25) is 4.79 Å². The molecule has 1 aliphatic heterocycles. The molecule has 2 aromatic carbocycles. The lowest BCUT2D eigenvalue weighted by molar-refractivity contribution is -0.117. The molecule has 0 bridgehead atoms. The fraction of sp³-hybridized carbons (Fsp3) is 0.333. The number of methoxy groups -OCH3 is 1. The number of ether oxygens (including phenoxy) is 1. The van der Waals surface area contributed by atoms with Gasteiger partial charge in [0, 0.05) is 37.7 Å². The maximum atomic E-state index is 13.0. The number of nitrogens with one attached hydrogen (secondary N) is 2. The molecular weight excluding hydrogens is 361 g/mol. The van der Waals surface area contributed by atoms with Gasteiger partial charge in [-0.15, -0.1) is 0 Å². The second kappa shape index (κ2) is 9.21. The third-order valence-electron chi connectivity index (χ3n) is 4.75. The van der Waals surface area contributed by atoms with Gasteiger partial charge in [-0.1, -0.05) is 12.1 Å². The summed E-state index contributed by atoms with van der Waals surface area (Å²) >= 11 is 0. The number of nitrogens with zero attached hydrogens (tertiary/aromatic N) is 1. The molecule has 0 spiro atoms. The number of carbonyl (C=O) groups excluding carboxylic acids is 2. The van der Waals surface area contributed by atoms with E-state index in [4.69, 9.17) is 4.74 Å². The van der Waals surface area contributed by atoms with Crippen molar-refractivity contribution < 1.29 is 18.7 Å². The van der Waals surface area contributed by atoms with Crippen LogP contribution in [0.3, 0.4) is 0 Å². The number of carbonyl (C=O) groups is 2. The van der Waals surface area contributed by atoms with Crippen molar-refractivity contribution in [3.63, 3.8) is 0 Å². The number of benzene rings is 2. The van der Waals surface area contributed by atoms with E-state index in [-0.39, 0.29) is 23.7 Å². The largest absolute Gasteiger partial charge is 0.497 e. The Morgan fingerprint density at radius 3 is 2.54 bits per heavy atom. The van der Waals surface area contributed by atoms with E-state index in [1.165, 1.54) is 12.1 Å². The van der Waals surface area contributed by atoms with Gasteiger partial charge >= 0.3 is 6.03 Å². The first-order valence-electron chi connectivity index (χ1n) is 9.25. The van der Waals surface area contributed by atoms with E-state index in [1.54, 1.807) is 24.1 Å². The Bertz CT molecular complexity index is 809. The summed E-state index contributed by atoms with van der Waals surface area (Å²) in [6, 6.07) is 13.3. The molecule has 148 valence electrons. The van der Waals surface area contributed by atoms with Crippen molar-refractivity contribution in [2.75, 3.05) is 31.6 Å². The van der Waals surface area contributed by atoms with Crippen molar-refractivity contribution in [2.45, 2.75) is 12.8 Å². The summed E-state index contributed by atoms with van der Waals surface area (Å²) in [7, 11) is 1.62. The van der Waals surface area contributed by atoms with Gasteiger partial charge in [0.25, 0.3) is 0 Å². The number of urea groups is 1. The van der Waals surface area contributed by atoms with E-state index >= 15 is 0 Å². The van der Waals surface area contributed by atoms with Crippen LogP contribution in [0.2, 0.25) is 0 Å². The minimum absolute atomic E-state index is 0.0154. The maximum absolute atomic E-state index is 13.0. The topological polar surface area (TPSA) is 70.7 Å². The van der Waals surface area contributed by atoms with E-state index in [2.05, 4.69) is 10.6 Å². The molecule has 6 nitrogen and oxygen atoms in total. The smallest absolute Gasteiger partial charge is 0.314 e. The molecule has 1 aliphatic rings. The Balaban J connectivity index is 1.38. The fourth-order valence-electron chi connectivity index (χ4n) is 3.20. The highest BCUT2D eigenvalue weighted by atomic mass is 19.1. The van der Waals surface area contributed by atoms with E-state index in [1.807, 2.05) is 24.3 Å². The van der Waals surface area contributed by atoms with E-state index in [0.29, 0.717) is 31.7 Å². The minimum Gasteiger partial charge on any atom is -0.497 e. The first-order chi connectivity index (χ1) is 13.5. The molecule has 1 atom stereocenters. The van der Waals surface area contributed by atoms with Gasteiger partial charge in [0.2, 0.25) is 5.91 Å². The zero-order chi connectivity index (χ0) is 19.9. The number of rotatable bonds is 7. The van der Waals surface area contributed by atoms with Crippen LogP contribution < -0.4 is 20.3 Å². The van der Waals surface area contributed by atoms with Gasteiger partial charge in [-0.2, -0.15) is 0 Å². The molecule has 0 aromatic heterocycles. The van der Waals surface area contributed by atoms with Gasteiger partial charge in [0.05, 0.1) is 7.11 Å². The SMILES string of the molecule is COc1ccc(CCNC(=O)NC[C@@H]2CC(=O)N(c3ccc(F)cc3)C2)cc1. The lowest BCUT2D eigenvalue weighted by atomic mass is 10.1. The lowest BCUT2D eigenvalue weighted by Crippen LogP contribution is -2.39. The number of hydrogen-bond acceptors (Lipinski definition) is 3. The van der Waals surface area contributed by atoms with Gasteiger partial charge in [-0.25, -0.2) is 9.18 Å². The van der Waals surface area contributed by atoms with Crippen LogP contribution in [0, 0.1) is 11.7 Å². The molecule has 2 aromatic rings. The number of hydrogen-bond donors (Lipinski definition) is 2. The van der Waals surface area contributed by atoms with Crippen LogP contribution in [0.4, 0.5) is 14.9 Å². The second-order valence-corrected chi connectivity index (χ2v) is 6.79. The predicted octanol–water partition coefficient (Wildman–Crippen LogP) is 2.73. The van der Waals surface area contributed by atoms with E-state index < -0.39 is 0 Å². The van der Waals surface area contributed by atoms with E-state index in [0.717, 1.165) is 17.7 Å². The highest BCUT2D eigenvalue weighted by Crippen LogP contribution is 2.24. The van der Waals surface area contributed by atoms with Crippen LogP contribution >= 0.6 is 0 Å². The Morgan fingerprint density at radius 1 is 1.14 bits per heavy atom. The summed E-state index contributed by atoms with van der Waals surface area (Å²) in [5.41, 5.74) is 1.79. The Hall–Kier alpha value is -3.09. The summed E-state index contributed by atoms with van der Waals surface area (Å²) in [5.74, 6) is 0.485. The first-order valence-corrected chi connectivity index (χ1v) is 9.25. The quantitative estimate of drug-likeness (QED) is 0.770. The summed E-state index contributed by atoms with van der Waals surface area (Å²) in [6.07, 6.45) is 1.08. The van der Waals surface area contributed by atoms with Gasteiger partial charge in [0.1, 0.15) is 11.6 Å². The maximum Gasteiger partial charge on any atom is 0.314 e. The van der Waals surface area contributed by atoms with Crippen LogP contribution in [-0.4, -0.2) is 38.7 Å². The van der Waals surface area contributed by atoms with Crippen LogP contribution in [0.5, 0.6) is 5.75 Å². The fourth-order valence-corrected chi connectivity index (χ4v) is 3.20.